The first-order valence-electron chi connectivity index (χ1n) is 7.64. The predicted octanol–water partition coefficient (Wildman–Crippen LogP) is 1.55. The number of hydrogen-bond acceptors (Lipinski definition) is 4. The van der Waals surface area contributed by atoms with E-state index in [9.17, 15) is 4.79 Å². The molecule has 1 heterocycles. The van der Waals surface area contributed by atoms with E-state index in [1.54, 1.807) is 14.2 Å². The van der Waals surface area contributed by atoms with Gasteiger partial charge in [-0.25, -0.2) is 4.79 Å². The summed E-state index contributed by atoms with van der Waals surface area (Å²) < 4.78 is 10.6. The smallest absolute Gasteiger partial charge is 0.317 e. The van der Waals surface area contributed by atoms with Crippen LogP contribution in [0.5, 0.6) is 11.5 Å². The number of piperazine rings is 1. The third kappa shape index (κ3) is 3.82. The highest BCUT2D eigenvalue weighted by Crippen LogP contribution is 2.30. The third-order valence-corrected chi connectivity index (χ3v) is 4.02. The van der Waals surface area contributed by atoms with Gasteiger partial charge in [-0.15, -0.1) is 0 Å². The van der Waals surface area contributed by atoms with Gasteiger partial charge in [0.1, 0.15) is 0 Å². The molecule has 1 aliphatic rings. The average Bonchev–Trinajstić information content (AvgIpc) is 2.59. The van der Waals surface area contributed by atoms with E-state index in [0.717, 1.165) is 38.3 Å². The molecular weight excluding hydrogens is 282 g/mol. The summed E-state index contributed by atoms with van der Waals surface area (Å²) in [6.07, 6.45) is 0. The summed E-state index contributed by atoms with van der Waals surface area (Å²) >= 11 is 0. The third-order valence-electron chi connectivity index (χ3n) is 4.02. The van der Waals surface area contributed by atoms with Gasteiger partial charge in [0.25, 0.3) is 0 Å². The maximum Gasteiger partial charge on any atom is 0.317 e. The second-order valence-electron chi connectivity index (χ2n) is 5.23. The lowest BCUT2D eigenvalue weighted by Gasteiger charge is -2.34. The van der Waals surface area contributed by atoms with E-state index in [0.29, 0.717) is 18.0 Å². The van der Waals surface area contributed by atoms with Crippen LogP contribution in [-0.4, -0.2) is 62.8 Å². The van der Waals surface area contributed by atoms with Crippen molar-refractivity contribution in [3.8, 4) is 11.5 Å². The SMILES string of the molecule is CCN1CCN(C(=O)NCc2cccc(OC)c2OC)CC1. The molecule has 6 nitrogen and oxygen atoms in total. The van der Waals surface area contributed by atoms with Gasteiger partial charge in [0.05, 0.1) is 14.2 Å². The van der Waals surface area contributed by atoms with Crippen molar-refractivity contribution in [1.82, 2.24) is 15.1 Å². The van der Waals surface area contributed by atoms with Crippen LogP contribution < -0.4 is 14.8 Å². The molecule has 0 atom stereocenters. The molecule has 1 aliphatic heterocycles. The predicted molar refractivity (Wildman–Crippen MR) is 85.5 cm³/mol. The molecule has 2 rings (SSSR count). The van der Waals surface area contributed by atoms with Crippen molar-refractivity contribution in [1.29, 1.82) is 0 Å². The Balaban J connectivity index is 1.92. The minimum atomic E-state index is -0.0272. The number of hydrogen-bond donors (Lipinski definition) is 1. The van der Waals surface area contributed by atoms with E-state index >= 15 is 0 Å². The average molecular weight is 307 g/mol. The van der Waals surface area contributed by atoms with Crippen LogP contribution in [0.2, 0.25) is 0 Å². The first-order valence-corrected chi connectivity index (χ1v) is 7.64. The Labute approximate surface area is 132 Å². The highest BCUT2D eigenvalue weighted by Gasteiger charge is 2.20. The monoisotopic (exact) mass is 307 g/mol. The number of amides is 2. The number of carbonyl (C=O) groups excluding carboxylic acids is 1. The van der Waals surface area contributed by atoms with E-state index < -0.39 is 0 Å². The molecular formula is C16H25N3O3. The number of carbonyl (C=O) groups is 1. The minimum absolute atomic E-state index is 0.0272. The molecule has 2 amide bonds. The summed E-state index contributed by atoms with van der Waals surface area (Å²) in [6.45, 7) is 7.02. The fraction of sp³-hybridized carbons (Fsp3) is 0.562. The van der Waals surface area contributed by atoms with Crippen LogP contribution in [0.4, 0.5) is 4.79 Å². The fourth-order valence-corrected chi connectivity index (χ4v) is 2.64. The van der Waals surface area contributed by atoms with Gasteiger partial charge in [-0.05, 0) is 12.6 Å². The first kappa shape index (κ1) is 16.4. The Morgan fingerprint density at radius 3 is 2.50 bits per heavy atom. The molecule has 0 aromatic heterocycles. The Hall–Kier alpha value is -1.95. The van der Waals surface area contributed by atoms with Gasteiger partial charge in [-0.1, -0.05) is 19.1 Å². The molecule has 1 fully saturated rings. The van der Waals surface area contributed by atoms with Crippen LogP contribution in [-0.2, 0) is 6.54 Å². The molecule has 0 unspecified atom stereocenters. The standard InChI is InChI=1S/C16H25N3O3/c1-4-18-8-10-19(11-9-18)16(20)17-12-13-6-5-7-14(21-2)15(13)22-3/h5-7H,4,8-12H2,1-3H3,(H,17,20). The molecule has 6 heteroatoms. The van der Waals surface area contributed by atoms with Crippen molar-refractivity contribution in [3.05, 3.63) is 23.8 Å². The van der Waals surface area contributed by atoms with Crippen LogP contribution in [0.25, 0.3) is 0 Å². The summed E-state index contributed by atoms with van der Waals surface area (Å²) in [6, 6.07) is 5.63. The molecule has 0 radical (unpaired) electrons. The largest absolute Gasteiger partial charge is 0.493 e. The van der Waals surface area contributed by atoms with Crippen LogP contribution in [0.3, 0.4) is 0 Å². The van der Waals surface area contributed by atoms with E-state index in [1.165, 1.54) is 0 Å². The number of urea groups is 1. The Kier molecular flexibility index (Phi) is 5.89. The van der Waals surface area contributed by atoms with Crippen molar-refractivity contribution < 1.29 is 14.3 Å². The number of methoxy groups -OCH3 is 2. The molecule has 1 saturated heterocycles. The van der Waals surface area contributed by atoms with E-state index in [1.807, 2.05) is 23.1 Å². The Morgan fingerprint density at radius 1 is 1.18 bits per heavy atom. The highest BCUT2D eigenvalue weighted by atomic mass is 16.5. The number of benzene rings is 1. The second-order valence-corrected chi connectivity index (χ2v) is 5.23. The van der Waals surface area contributed by atoms with Gasteiger partial charge in [-0.2, -0.15) is 0 Å². The quantitative estimate of drug-likeness (QED) is 0.897. The summed E-state index contributed by atoms with van der Waals surface area (Å²) in [5.41, 5.74) is 0.905. The number of nitrogens with zero attached hydrogens (tertiary/aromatic N) is 2. The molecule has 0 bridgehead atoms. The van der Waals surface area contributed by atoms with E-state index in [-0.39, 0.29) is 6.03 Å². The zero-order valence-electron chi connectivity index (χ0n) is 13.6. The van der Waals surface area contributed by atoms with E-state index in [4.69, 9.17) is 9.47 Å². The van der Waals surface area contributed by atoms with Gasteiger partial charge >= 0.3 is 6.03 Å². The van der Waals surface area contributed by atoms with E-state index in [2.05, 4.69) is 17.1 Å². The van der Waals surface area contributed by atoms with Crippen molar-refractivity contribution in [2.45, 2.75) is 13.5 Å². The number of para-hydroxylation sites is 1. The van der Waals surface area contributed by atoms with Crippen molar-refractivity contribution in [2.24, 2.45) is 0 Å². The van der Waals surface area contributed by atoms with Crippen molar-refractivity contribution >= 4 is 6.03 Å². The van der Waals surface area contributed by atoms with Gasteiger partial charge in [-0.3, -0.25) is 0 Å². The fourth-order valence-electron chi connectivity index (χ4n) is 2.64. The Bertz CT molecular complexity index is 499. The second kappa shape index (κ2) is 7.89. The molecule has 122 valence electrons. The summed E-state index contributed by atoms with van der Waals surface area (Å²) in [7, 11) is 3.21. The zero-order valence-corrected chi connectivity index (χ0v) is 13.6. The molecule has 0 spiro atoms. The molecule has 1 N–H and O–H groups in total. The number of nitrogens with one attached hydrogen (secondary N) is 1. The summed E-state index contributed by atoms with van der Waals surface area (Å²) in [5.74, 6) is 1.34. The highest BCUT2D eigenvalue weighted by molar-refractivity contribution is 5.74. The lowest BCUT2D eigenvalue weighted by atomic mass is 10.2. The summed E-state index contributed by atoms with van der Waals surface area (Å²) in [5, 5.41) is 2.96. The molecule has 22 heavy (non-hydrogen) atoms. The molecule has 0 saturated carbocycles. The topological polar surface area (TPSA) is 54.0 Å². The van der Waals surface area contributed by atoms with Crippen LogP contribution in [0.1, 0.15) is 12.5 Å². The lowest BCUT2D eigenvalue weighted by molar-refractivity contribution is 0.142. The summed E-state index contributed by atoms with van der Waals surface area (Å²) in [4.78, 5) is 16.4. The van der Waals surface area contributed by atoms with Crippen LogP contribution in [0.15, 0.2) is 18.2 Å². The normalized spacial score (nSPS) is 15.5. The maximum absolute atomic E-state index is 12.2. The van der Waals surface area contributed by atoms with Gasteiger partial charge in [0, 0.05) is 38.3 Å². The minimum Gasteiger partial charge on any atom is -0.493 e. The van der Waals surface area contributed by atoms with Crippen LogP contribution >= 0.6 is 0 Å². The van der Waals surface area contributed by atoms with Gasteiger partial charge in [0.2, 0.25) is 0 Å². The van der Waals surface area contributed by atoms with Crippen LogP contribution in [0, 0.1) is 0 Å². The molecule has 1 aromatic carbocycles. The Morgan fingerprint density at radius 2 is 1.91 bits per heavy atom. The van der Waals surface area contributed by atoms with Crippen molar-refractivity contribution in [3.63, 3.8) is 0 Å². The van der Waals surface area contributed by atoms with Gasteiger partial charge in [0.15, 0.2) is 11.5 Å². The van der Waals surface area contributed by atoms with Crippen molar-refractivity contribution in [2.75, 3.05) is 46.9 Å². The van der Waals surface area contributed by atoms with Gasteiger partial charge < -0.3 is 24.6 Å². The zero-order chi connectivity index (χ0) is 15.9. The molecule has 1 aromatic rings. The number of rotatable bonds is 5. The first-order chi connectivity index (χ1) is 10.7. The lowest BCUT2D eigenvalue weighted by Crippen LogP contribution is -2.51. The number of likely N-dealkylation sites (N-methyl/N-ethyl adjacent to an activating group) is 1. The maximum atomic E-state index is 12.2. The number of ether oxygens (including phenoxy) is 2. The molecule has 0 aliphatic carbocycles.